The largest absolute Gasteiger partial charge is 0.497 e. The van der Waals surface area contributed by atoms with E-state index in [1.807, 2.05) is 18.2 Å². The highest BCUT2D eigenvalue weighted by molar-refractivity contribution is 5.38. The predicted molar refractivity (Wildman–Crippen MR) is 83.1 cm³/mol. The van der Waals surface area contributed by atoms with Gasteiger partial charge >= 0.3 is 0 Å². The molecule has 0 saturated heterocycles. The van der Waals surface area contributed by atoms with Crippen LogP contribution in [-0.4, -0.2) is 12.2 Å². The molecule has 0 aliphatic heterocycles. The summed E-state index contributed by atoms with van der Waals surface area (Å²) in [4.78, 5) is 0. The van der Waals surface area contributed by atoms with Gasteiger partial charge in [0.2, 0.25) is 0 Å². The Hall–Kier alpha value is -1.02. The van der Waals surface area contributed by atoms with Crippen molar-refractivity contribution in [2.24, 2.45) is 5.92 Å². The summed E-state index contributed by atoms with van der Waals surface area (Å²) in [5, 5.41) is 11.1. The van der Waals surface area contributed by atoms with Gasteiger partial charge in [-0.1, -0.05) is 32.3 Å². The molecule has 0 amide bonds. The van der Waals surface area contributed by atoms with Crippen LogP contribution < -0.4 is 4.74 Å². The molecule has 20 heavy (non-hydrogen) atoms. The van der Waals surface area contributed by atoms with Crippen molar-refractivity contribution in [3.05, 3.63) is 29.3 Å². The molecular formula is C18H28O2. The van der Waals surface area contributed by atoms with Crippen molar-refractivity contribution in [1.82, 2.24) is 0 Å². The zero-order chi connectivity index (χ0) is 14.6. The Bertz CT molecular complexity index is 441. The van der Waals surface area contributed by atoms with Gasteiger partial charge in [-0.3, -0.25) is 0 Å². The summed E-state index contributed by atoms with van der Waals surface area (Å²) in [5.41, 5.74) is 1.59. The van der Waals surface area contributed by atoms with Gasteiger partial charge in [0.25, 0.3) is 0 Å². The van der Waals surface area contributed by atoms with Crippen LogP contribution in [0.3, 0.4) is 0 Å². The zero-order valence-corrected chi connectivity index (χ0v) is 13.1. The number of ether oxygens (including phenoxy) is 1. The second-order valence-corrected chi connectivity index (χ2v) is 6.30. The second kappa shape index (κ2) is 6.62. The van der Waals surface area contributed by atoms with Crippen LogP contribution in [0.4, 0.5) is 0 Å². The van der Waals surface area contributed by atoms with E-state index in [0.717, 1.165) is 48.5 Å². The quantitative estimate of drug-likeness (QED) is 0.816. The fourth-order valence-corrected chi connectivity index (χ4v) is 3.65. The lowest BCUT2D eigenvalue weighted by Crippen LogP contribution is -2.26. The van der Waals surface area contributed by atoms with Gasteiger partial charge in [-0.25, -0.2) is 0 Å². The number of aliphatic hydroxyl groups is 1. The summed E-state index contributed by atoms with van der Waals surface area (Å²) in [6.45, 7) is 4.33. The van der Waals surface area contributed by atoms with Crippen molar-refractivity contribution in [3.63, 3.8) is 0 Å². The molecule has 2 unspecified atom stereocenters. The van der Waals surface area contributed by atoms with E-state index in [4.69, 9.17) is 4.74 Å². The summed E-state index contributed by atoms with van der Waals surface area (Å²) in [6, 6.07) is 6.05. The Kier molecular flexibility index (Phi) is 5.09. The molecule has 1 N–H and O–H groups in total. The lowest BCUT2D eigenvalue weighted by molar-refractivity contribution is 0.0189. The molecule has 2 atom stereocenters. The van der Waals surface area contributed by atoms with Crippen LogP contribution in [0.25, 0.3) is 0 Å². The van der Waals surface area contributed by atoms with E-state index in [1.165, 1.54) is 19.3 Å². The van der Waals surface area contributed by atoms with Gasteiger partial charge < -0.3 is 9.84 Å². The molecule has 0 aromatic heterocycles. The molecule has 2 heteroatoms. The van der Waals surface area contributed by atoms with Gasteiger partial charge in [0.15, 0.2) is 0 Å². The normalized spacial score (nSPS) is 27.1. The van der Waals surface area contributed by atoms with Crippen LogP contribution in [0, 0.1) is 12.8 Å². The monoisotopic (exact) mass is 276 g/mol. The first kappa shape index (κ1) is 15.4. The smallest absolute Gasteiger partial charge is 0.119 e. The summed E-state index contributed by atoms with van der Waals surface area (Å²) in [5.74, 6) is 1.67. The van der Waals surface area contributed by atoms with Crippen LogP contribution in [0.15, 0.2) is 18.2 Å². The first-order valence-corrected chi connectivity index (χ1v) is 7.96. The predicted octanol–water partition coefficient (Wildman–Crippen LogP) is 4.57. The molecule has 0 bridgehead atoms. The highest BCUT2D eigenvalue weighted by Crippen LogP contribution is 2.40. The van der Waals surface area contributed by atoms with Gasteiger partial charge in [0, 0.05) is 0 Å². The zero-order valence-electron chi connectivity index (χ0n) is 13.1. The third-order valence-corrected chi connectivity index (χ3v) is 4.80. The van der Waals surface area contributed by atoms with Gasteiger partial charge in [0.05, 0.1) is 12.7 Å². The van der Waals surface area contributed by atoms with E-state index in [9.17, 15) is 5.11 Å². The summed E-state index contributed by atoms with van der Waals surface area (Å²) in [7, 11) is 1.68. The maximum absolute atomic E-state index is 11.1. The number of hydrogen-bond acceptors (Lipinski definition) is 2. The van der Waals surface area contributed by atoms with Crippen LogP contribution in [0.2, 0.25) is 0 Å². The standard InChI is InChI=1S/C18H28O2/c1-4-6-15-7-5-11-18(19,12-10-15)17-9-8-16(20-3)13-14(17)2/h8-9,13,15,19H,4-7,10-12H2,1-3H3. The number of hydrogen-bond donors (Lipinski definition) is 1. The Morgan fingerprint density at radius 3 is 2.75 bits per heavy atom. The summed E-state index contributed by atoms with van der Waals surface area (Å²) >= 11 is 0. The van der Waals surface area contributed by atoms with Crippen LogP contribution >= 0.6 is 0 Å². The number of rotatable bonds is 4. The molecule has 0 heterocycles. The van der Waals surface area contributed by atoms with E-state index < -0.39 is 5.60 Å². The molecule has 0 spiro atoms. The molecule has 2 rings (SSSR count). The van der Waals surface area contributed by atoms with Crippen LogP contribution in [-0.2, 0) is 5.60 Å². The third kappa shape index (κ3) is 3.35. The fraction of sp³-hybridized carbons (Fsp3) is 0.667. The number of methoxy groups -OCH3 is 1. The van der Waals surface area contributed by atoms with Crippen LogP contribution in [0.5, 0.6) is 5.75 Å². The minimum atomic E-state index is -0.640. The van der Waals surface area contributed by atoms with Gasteiger partial charge in [0.1, 0.15) is 5.75 Å². The maximum Gasteiger partial charge on any atom is 0.119 e. The second-order valence-electron chi connectivity index (χ2n) is 6.30. The summed E-state index contributed by atoms with van der Waals surface area (Å²) in [6.07, 6.45) is 7.89. The van der Waals surface area contributed by atoms with Gasteiger partial charge in [-0.2, -0.15) is 0 Å². The maximum atomic E-state index is 11.1. The van der Waals surface area contributed by atoms with Crippen molar-refractivity contribution in [2.75, 3.05) is 7.11 Å². The SMILES string of the molecule is CCCC1CCCC(O)(c2ccc(OC)cc2C)CC1. The lowest BCUT2D eigenvalue weighted by atomic mass is 9.83. The van der Waals surface area contributed by atoms with E-state index in [-0.39, 0.29) is 0 Å². The van der Waals surface area contributed by atoms with Gasteiger partial charge in [-0.05, 0) is 61.8 Å². The minimum Gasteiger partial charge on any atom is -0.497 e. The molecule has 0 radical (unpaired) electrons. The molecule has 1 saturated carbocycles. The van der Waals surface area contributed by atoms with E-state index in [1.54, 1.807) is 7.11 Å². The molecule has 1 fully saturated rings. The Morgan fingerprint density at radius 1 is 1.30 bits per heavy atom. The Labute approximate surface area is 123 Å². The van der Waals surface area contributed by atoms with Crippen molar-refractivity contribution < 1.29 is 9.84 Å². The third-order valence-electron chi connectivity index (χ3n) is 4.80. The highest BCUT2D eigenvalue weighted by Gasteiger charge is 2.33. The average Bonchev–Trinajstić information content (AvgIpc) is 2.62. The molecule has 1 aliphatic carbocycles. The molecule has 1 aromatic carbocycles. The molecule has 1 aliphatic rings. The van der Waals surface area contributed by atoms with Gasteiger partial charge in [-0.15, -0.1) is 0 Å². The molecular weight excluding hydrogens is 248 g/mol. The van der Waals surface area contributed by atoms with E-state index in [0.29, 0.717) is 0 Å². The van der Waals surface area contributed by atoms with Crippen molar-refractivity contribution in [3.8, 4) is 5.75 Å². The highest BCUT2D eigenvalue weighted by atomic mass is 16.5. The van der Waals surface area contributed by atoms with Crippen molar-refractivity contribution in [2.45, 2.75) is 64.4 Å². The summed E-state index contributed by atoms with van der Waals surface area (Å²) < 4.78 is 5.26. The average molecular weight is 276 g/mol. The van der Waals surface area contributed by atoms with Crippen molar-refractivity contribution >= 4 is 0 Å². The lowest BCUT2D eigenvalue weighted by Gasteiger charge is -2.29. The number of aryl methyl sites for hydroxylation is 1. The Morgan fingerprint density at radius 2 is 2.10 bits per heavy atom. The Balaban J connectivity index is 2.18. The molecule has 1 aromatic rings. The van der Waals surface area contributed by atoms with E-state index >= 15 is 0 Å². The first-order valence-electron chi connectivity index (χ1n) is 7.96. The topological polar surface area (TPSA) is 29.5 Å². The van der Waals surface area contributed by atoms with Crippen LogP contribution in [0.1, 0.15) is 63.0 Å². The first-order chi connectivity index (χ1) is 9.59. The molecule has 112 valence electrons. The minimum absolute atomic E-state index is 0.640. The molecule has 2 nitrogen and oxygen atoms in total. The van der Waals surface area contributed by atoms with E-state index in [2.05, 4.69) is 13.8 Å². The number of benzene rings is 1. The fourth-order valence-electron chi connectivity index (χ4n) is 3.65. The van der Waals surface area contributed by atoms with Crippen molar-refractivity contribution in [1.29, 1.82) is 0 Å².